The Kier molecular flexibility index (Phi) is 6.56. The van der Waals surface area contributed by atoms with Crippen molar-refractivity contribution in [1.29, 1.82) is 0 Å². The zero-order chi connectivity index (χ0) is 16.7. The van der Waals surface area contributed by atoms with Crippen LogP contribution in [0.5, 0.6) is 0 Å². The first-order valence-electron chi connectivity index (χ1n) is 7.78. The van der Waals surface area contributed by atoms with Crippen molar-refractivity contribution >= 4 is 15.9 Å². The van der Waals surface area contributed by atoms with Gasteiger partial charge in [0.25, 0.3) is 0 Å². The molecule has 1 amide bonds. The molecule has 1 fully saturated rings. The molecule has 0 unspecified atom stereocenters. The average molecular weight is 340 g/mol. The van der Waals surface area contributed by atoms with Crippen LogP contribution < -0.4 is 4.72 Å². The lowest BCUT2D eigenvalue weighted by atomic mass is 9.98. The second-order valence-corrected chi connectivity index (χ2v) is 7.78. The number of benzene rings is 1. The highest BCUT2D eigenvalue weighted by atomic mass is 32.2. The summed E-state index contributed by atoms with van der Waals surface area (Å²) in [6, 6.07) is 9.72. The van der Waals surface area contributed by atoms with E-state index in [0.717, 1.165) is 24.7 Å². The highest BCUT2D eigenvalue weighted by molar-refractivity contribution is 7.88. The third-order valence-electron chi connectivity index (χ3n) is 3.84. The smallest absolute Gasteiger partial charge is 0.248 e. The van der Waals surface area contributed by atoms with E-state index in [-0.39, 0.29) is 18.4 Å². The van der Waals surface area contributed by atoms with Gasteiger partial charge in [0.15, 0.2) is 0 Å². The van der Waals surface area contributed by atoms with E-state index in [9.17, 15) is 13.2 Å². The molecular weight excluding hydrogens is 316 g/mol. The molecule has 23 heavy (non-hydrogen) atoms. The van der Waals surface area contributed by atoms with Gasteiger partial charge in [-0.3, -0.25) is 4.79 Å². The Morgan fingerprint density at radius 1 is 1.35 bits per heavy atom. The van der Waals surface area contributed by atoms with Crippen LogP contribution in [0.25, 0.3) is 0 Å². The molecule has 0 bridgehead atoms. The molecule has 1 N–H and O–H groups in total. The minimum atomic E-state index is -3.18. The Bertz CT molecular complexity index is 604. The summed E-state index contributed by atoms with van der Waals surface area (Å²) in [6.45, 7) is 2.15. The standard InChI is InChI=1S/C16H24N2O4S/c1-23(20,21)17-10-15-8-5-9-18(11-15)16(19)13-22-12-14-6-3-2-4-7-14/h2-4,6-7,15,17H,5,8-13H2,1H3/t15-/m0/s1. The largest absolute Gasteiger partial charge is 0.367 e. The predicted molar refractivity (Wildman–Crippen MR) is 88.2 cm³/mol. The van der Waals surface area contributed by atoms with E-state index in [1.165, 1.54) is 0 Å². The molecule has 1 aliphatic rings. The fourth-order valence-corrected chi connectivity index (χ4v) is 3.19. The maximum atomic E-state index is 12.2. The Hall–Kier alpha value is -1.44. The molecular formula is C16H24N2O4S. The number of piperidine rings is 1. The van der Waals surface area contributed by atoms with Gasteiger partial charge in [0.1, 0.15) is 6.61 Å². The topological polar surface area (TPSA) is 75.7 Å². The molecule has 7 heteroatoms. The average Bonchev–Trinajstić information content (AvgIpc) is 2.53. The molecule has 128 valence electrons. The zero-order valence-electron chi connectivity index (χ0n) is 13.4. The van der Waals surface area contributed by atoms with Crippen LogP contribution >= 0.6 is 0 Å². The van der Waals surface area contributed by atoms with Crippen LogP contribution in [0.1, 0.15) is 18.4 Å². The Morgan fingerprint density at radius 2 is 2.09 bits per heavy atom. The number of rotatable bonds is 7. The van der Waals surface area contributed by atoms with Gasteiger partial charge < -0.3 is 9.64 Å². The lowest BCUT2D eigenvalue weighted by molar-refractivity contribution is -0.138. The maximum Gasteiger partial charge on any atom is 0.248 e. The number of hydrogen-bond acceptors (Lipinski definition) is 4. The lowest BCUT2D eigenvalue weighted by Crippen LogP contribution is -2.44. The zero-order valence-corrected chi connectivity index (χ0v) is 14.2. The first kappa shape index (κ1) is 17.9. The van der Waals surface area contributed by atoms with Crippen LogP contribution in [-0.2, 0) is 26.2 Å². The predicted octanol–water partition coefficient (Wildman–Crippen LogP) is 0.991. The summed E-state index contributed by atoms with van der Waals surface area (Å²) in [5.74, 6) is 0.126. The van der Waals surface area contributed by atoms with Crippen molar-refractivity contribution < 1.29 is 17.9 Å². The molecule has 0 aromatic heterocycles. The van der Waals surface area contributed by atoms with Gasteiger partial charge in [-0.05, 0) is 24.3 Å². The van der Waals surface area contributed by atoms with E-state index in [2.05, 4.69) is 4.72 Å². The minimum absolute atomic E-state index is 0.0370. The first-order valence-corrected chi connectivity index (χ1v) is 9.67. The van der Waals surface area contributed by atoms with Crippen molar-refractivity contribution in [1.82, 2.24) is 9.62 Å². The molecule has 0 aliphatic carbocycles. The number of amides is 1. The monoisotopic (exact) mass is 340 g/mol. The number of hydrogen-bond donors (Lipinski definition) is 1. The Morgan fingerprint density at radius 3 is 2.78 bits per heavy atom. The molecule has 2 rings (SSSR count). The number of carbonyl (C=O) groups is 1. The summed E-state index contributed by atoms with van der Waals surface area (Å²) in [5.41, 5.74) is 1.04. The van der Waals surface area contributed by atoms with Gasteiger partial charge in [-0.15, -0.1) is 0 Å². The summed E-state index contributed by atoms with van der Waals surface area (Å²) in [5, 5.41) is 0. The van der Waals surface area contributed by atoms with Gasteiger partial charge >= 0.3 is 0 Å². The minimum Gasteiger partial charge on any atom is -0.367 e. The van der Waals surface area contributed by atoms with E-state index in [1.807, 2.05) is 30.3 Å². The second kappa shape index (κ2) is 8.42. The number of likely N-dealkylation sites (tertiary alicyclic amines) is 1. The second-order valence-electron chi connectivity index (χ2n) is 5.95. The third-order valence-corrected chi connectivity index (χ3v) is 4.53. The van der Waals surface area contributed by atoms with Crippen LogP contribution in [0.2, 0.25) is 0 Å². The van der Waals surface area contributed by atoms with Crippen LogP contribution in [0.3, 0.4) is 0 Å². The van der Waals surface area contributed by atoms with Gasteiger partial charge in [-0.2, -0.15) is 0 Å². The SMILES string of the molecule is CS(=O)(=O)NC[C@@H]1CCCN(C(=O)COCc2ccccc2)C1. The van der Waals surface area contributed by atoms with E-state index >= 15 is 0 Å². The fourth-order valence-electron chi connectivity index (χ4n) is 2.65. The fraction of sp³-hybridized carbons (Fsp3) is 0.562. The molecule has 0 spiro atoms. The van der Waals surface area contributed by atoms with Crippen molar-refractivity contribution in [3.8, 4) is 0 Å². The van der Waals surface area contributed by atoms with Crippen molar-refractivity contribution in [2.75, 3.05) is 32.5 Å². The van der Waals surface area contributed by atoms with E-state index in [1.54, 1.807) is 4.90 Å². The molecule has 1 aliphatic heterocycles. The van der Waals surface area contributed by atoms with Gasteiger partial charge in [-0.25, -0.2) is 13.1 Å². The lowest BCUT2D eigenvalue weighted by Gasteiger charge is -2.32. The Balaban J connectivity index is 1.73. The summed E-state index contributed by atoms with van der Waals surface area (Å²) in [7, 11) is -3.18. The number of sulfonamides is 1. The van der Waals surface area contributed by atoms with E-state index in [4.69, 9.17) is 4.74 Å². The van der Waals surface area contributed by atoms with Crippen molar-refractivity contribution in [2.45, 2.75) is 19.4 Å². The summed E-state index contributed by atoms with van der Waals surface area (Å²) in [6.07, 6.45) is 2.97. The first-order chi connectivity index (χ1) is 10.9. The summed E-state index contributed by atoms with van der Waals surface area (Å²) >= 11 is 0. The van der Waals surface area contributed by atoms with E-state index < -0.39 is 10.0 Å². The Labute approximate surface area is 137 Å². The normalized spacial score (nSPS) is 18.8. The summed E-state index contributed by atoms with van der Waals surface area (Å²) in [4.78, 5) is 14.0. The molecule has 6 nitrogen and oxygen atoms in total. The number of nitrogens with zero attached hydrogens (tertiary/aromatic N) is 1. The number of carbonyl (C=O) groups excluding carboxylic acids is 1. The molecule has 1 heterocycles. The number of nitrogens with one attached hydrogen (secondary N) is 1. The van der Waals surface area contributed by atoms with Crippen LogP contribution in [0.15, 0.2) is 30.3 Å². The van der Waals surface area contributed by atoms with E-state index in [0.29, 0.717) is 26.2 Å². The maximum absolute atomic E-state index is 12.2. The van der Waals surface area contributed by atoms with Crippen LogP contribution in [0.4, 0.5) is 0 Å². The highest BCUT2D eigenvalue weighted by Gasteiger charge is 2.24. The quantitative estimate of drug-likeness (QED) is 0.803. The van der Waals surface area contributed by atoms with Gasteiger partial charge in [-0.1, -0.05) is 30.3 Å². The number of ether oxygens (including phenoxy) is 1. The van der Waals surface area contributed by atoms with Crippen molar-refractivity contribution in [3.05, 3.63) is 35.9 Å². The molecule has 1 atom stereocenters. The molecule has 0 radical (unpaired) electrons. The van der Waals surface area contributed by atoms with Crippen molar-refractivity contribution in [2.24, 2.45) is 5.92 Å². The molecule has 1 aromatic rings. The van der Waals surface area contributed by atoms with Crippen LogP contribution in [-0.4, -0.2) is 51.7 Å². The highest BCUT2D eigenvalue weighted by Crippen LogP contribution is 2.16. The third kappa shape index (κ3) is 6.68. The van der Waals surface area contributed by atoms with Gasteiger partial charge in [0.05, 0.1) is 12.9 Å². The van der Waals surface area contributed by atoms with Gasteiger partial charge in [0.2, 0.25) is 15.9 Å². The summed E-state index contributed by atoms with van der Waals surface area (Å²) < 4.78 is 30.3. The van der Waals surface area contributed by atoms with Crippen molar-refractivity contribution in [3.63, 3.8) is 0 Å². The molecule has 1 aromatic carbocycles. The van der Waals surface area contributed by atoms with Crippen LogP contribution in [0, 0.1) is 5.92 Å². The van der Waals surface area contributed by atoms with Gasteiger partial charge in [0, 0.05) is 19.6 Å². The molecule has 0 saturated carbocycles. The molecule has 1 saturated heterocycles.